The maximum atomic E-state index is 12.6. The Kier molecular flexibility index (Phi) is 5.19. The van der Waals surface area contributed by atoms with Crippen LogP contribution >= 0.6 is 0 Å². The van der Waals surface area contributed by atoms with Gasteiger partial charge in [0.25, 0.3) is 5.91 Å². The third-order valence-corrected chi connectivity index (χ3v) is 5.65. The molecule has 2 aliphatic heterocycles. The molecule has 5 rings (SSSR count). The van der Waals surface area contributed by atoms with E-state index in [0.717, 1.165) is 54.3 Å². The number of amidine groups is 1. The molecular formula is C22H24N7O2+. The van der Waals surface area contributed by atoms with Gasteiger partial charge in [-0.2, -0.15) is 5.43 Å². The molecule has 1 aromatic carbocycles. The lowest BCUT2D eigenvalue weighted by atomic mass is 10.1. The molecule has 0 atom stereocenters. The van der Waals surface area contributed by atoms with Gasteiger partial charge in [-0.3, -0.25) is 4.79 Å². The van der Waals surface area contributed by atoms with Gasteiger partial charge in [0, 0.05) is 26.4 Å². The Bertz CT molecular complexity index is 1130. The lowest BCUT2D eigenvalue weighted by molar-refractivity contribution is -0.566. The molecule has 2 aliphatic rings. The largest absolute Gasteiger partial charge is 0.381 e. The average Bonchev–Trinajstić information content (AvgIpc) is 3.46. The molecule has 1 saturated heterocycles. The van der Waals surface area contributed by atoms with E-state index in [2.05, 4.69) is 30.3 Å². The number of aromatic nitrogens is 3. The van der Waals surface area contributed by atoms with E-state index in [0.29, 0.717) is 17.5 Å². The smallest absolute Gasteiger partial charge is 0.258 e. The highest BCUT2D eigenvalue weighted by atomic mass is 16.5. The fourth-order valence-electron chi connectivity index (χ4n) is 3.86. The predicted octanol–water partition coefficient (Wildman–Crippen LogP) is 1.23. The Morgan fingerprint density at radius 1 is 1.23 bits per heavy atom. The van der Waals surface area contributed by atoms with Gasteiger partial charge in [-0.05, 0) is 37.1 Å². The molecule has 1 fully saturated rings. The first-order valence-electron chi connectivity index (χ1n) is 10.3. The number of hydrogen-bond acceptors (Lipinski definition) is 6. The second-order valence-electron chi connectivity index (χ2n) is 7.63. The van der Waals surface area contributed by atoms with Crippen LogP contribution in [0.3, 0.4) is 0 Å². The highest BCUT2D eigenvalue weighted by molar-refractivity contribution is 6.12. The van der Waals surface area contributed by atoms with Crippen LogP contribution in [-0.4, -0.2) is 53.0 Å². The number of amides is 1. The SMILES string of the molecule is COC1CCN(c2ccc(C(=O)NC3=N[NH2+]C(c4nc5ccccc5[nH]4)=C3)cn2)CC1. The summed E-state index contributed by atoms with van der Waals surface area (Å²) in [6, 6.07) is 11.5. The Morgan fingerprint density at radius 2 is 2.06 bits per heavy atom. The summed E-state index contributed by atoms with van der Waals surface area (Å²) < 4.78 is 5.42. The van der Waals surface area contributed by atoms with E-state index in [1.54, 1.807) is 30.9 Å². The standard InChI is InChI=1S/C22H23N7O2/c1-31-15-8-10-29(11-9-15)20-7-6-14(13-23-20)22(30)26-19-12-18(27-28-19)21-24-16-4-2-3-5-17(16)25-21/h2-7,12-13,15H,8-11H2,1H3,(H,24,25)(H2,26,27,28,30)/p+1. The molecular weight excluding hydrogens is 394 g/mol. The number of nitrogens with two attached hydrogens (primary N) is 1. The molecule has 3 aromatic rings. The van der Waals surface area contributed by atoms with Gasteiger partial charge in [-0.15, -0.1) is 0 Å². The van der Waals surface area contributed by atoms with Gasteiger partial charge in [0.05, 0.1) is 28.8 Å². The van der Waals surface area contributed by atoms with Crippen molar-refractivity contribution in [3.05, 3.63) is 60.1 Å². The lowest BCUT2D eigenvalue weighted by Crippen LogP contribution is -2.73. The molecule has 0 saturated carbocycles. The van der Waals surface area contributed by atoms with Crippen LogP contribution in [0.15, 0.2) is 53.8 Å². The van der Waals surface area contributed by atoms with E-state index in [4.69, 9.17) is 4.74 Å². The van der Waals surface area contributed by atoms with Crippen LogP contribution in [-0.2, 0) is 4.74 Å². The quantitative estimate of drug-likeness (QED) is 0.552. The zero-order chi connectivity index (χ0) is 21.2. The number of quaternary nitrogens is 1. The summed E-state index contributed by atoms with van der Waals surface area (Å²) in [6.07, 6.45) is 5.70. The number of benzene rings is 1. The summed E-state index contributed by atoms with van der Waals surface area (Å²) in [7, 11) is 1.76. The maximum absolute atomic E-state index is 12.6. The molecule has 4 heterocycles. The monoisotopic (exact) mass is 418 g/mol. The molecule has 158 valence electrons. The number of ether oxygens (including phenoxy) is 1. The van der Waals surface area contributed by atoms with Crippen LogP contribution in [0.5, 0.6) is 0 Å². The van der Waals surface area contributed by atoms with Crippen LogP contribution in [0.4, 0.5) is 5.82 Å². The molecule has 0 radical (unpaired) electrons. The Hall–Kier alpha value is -3.56. The van der Waals surface area contributed by atoms with Gasteiger partial charge in [0.1, 0.15) is 5.82 Å². The van der Waals surface area contributed by atoms with E-state index in [9.17, 15) is 4.79 Å². The summed E-state index contributed by atoms with van der Waals surface area (Å²) in [5, 5.41) is 7.13. The molecule has 2 aromatic heterocycles. The van der Waals surface area contributed by atoms with Crippen LogP contribution in [0.1, 0.15) is 29.0 Å². The Morgan fingerprint density at radius 3 is 2.81 bits per heavy atom. The molecule has 9 heteroatoms. The average molecular weight is 418 g/mol. The van der Waals surface area contributed by atoms with Crippen molar-refractivity contribution >= 4 is 34.3 Å². The van der Waals surface area contributed by atoms with E-state index in [-0.39, 0.29) is 5.91 Å². The number of methoxy groups -OCH3 is 1. The molecule has 31 heavy (non-hydrogen) atoms. The van der Waals surface area contributed by atoms with Gasteiger partial charge < -0.3 is 19.9 Å². The number of rotatable bonds is 4. The second-order valence-corrected chi connectivity index (χ2v) is 7.63. The number of nitrogens with zero attached hydrogens (tertiary/aromatic N) is 4. The minimum absolute atomic E-state index is 0.244. The van der Waals surface area contributed by atoms with Crippen LogP contribution in [0.2, 0.25) is 0 Å². The van der Waals surface area contributed by atoms with Crippen molar-refractivity contribution in [2.24, 2.45) is 5.10 Å². The van der Waals surface area contributed by atoms with Gasteiger partial charge in [0.15, 0.2) is 11.7 Å². The number of anilines is 1. The van der Waals surface area contributed by atoms with Crippen molar-refractivity contribution in [1.29, 1.82) is 0 Å². The minimum Gasteiger partial charge on any atom is -0.381 e. The number of carbonyl (C=O) groups is 1. The number of H-pyrrole nitrogens is 1. The summed E-state index contributed by atoms with van der Waals surface area (Å²) in [6.45, 7) is 1.80. The lowest BCUT2D eigenvalue weighted by Gasteiger charge is -2.32. The van der Waals surface area contributed by atoms with Crippen LogP contribution in [0, 0.1) is 0 Å². The Labute approximate surface area is 179 Å². The molecule has 0 aliphatic carbocycles. The number of piperidine rings is 1. The zero-order valence-corrected chi connectivity index (χ0v) is 17.2. The fraction of sp³-hybridized carbons (Fsp3) is 0.273. The molecule has 0 spiro atoms. The number of carbonyl (C=O) groups excluding carboxylic acids is 1. The first kappa shape index (κ1) is 19.4. The normalized spacial score (nSPS) is 17.0. The molecule has 4 N–H and O–H groups in total. The van der Waals surface area contributed by atoms with Crippen LogP contribution in [0.25, 0.3) is 16.7 Å². The number of pyridine rings is 1. The van der Waals surface area contributed by atoms with Gasteiger partial charge in [-0.1, -0.05) is 17.2 Å². The number of para-hydroxylation sites is 2. The fourth-order valence-corrected chi connectivity index (χ4v) is 3.86. The number of hydrogen-bond donors (Lipinski definition) is 3. The van der Waals surface area contributed by atoms with E-state index in [1.165, 1.54) is 0 Å². The molecule has 1 amide bonds. The summed E-state index contributed by atoms with van der Waals surface area (Å²) in [5.41, 5.74) is 4.85. The van der Waals surface area contributed by atoms with Gasteiger partial charge >= 0.3 is 0 Å². The minimum atomic E-state index is -0.244. The first-order chi connectivity index (χ1) is 15.2. The highest BCUT2D eigenvalue weighted by Crippen LogP contribution is 2.19. The highest BCUT2D eigenvalue weighted by Gasteiger charge is 2.22. The molecule has 9 nitrogen and oxygen atoms in total. The number of nitrogens with one attached hydrogen (secondary N) is 2. The topological polar surface area (TPSA) is 112 Å². The van der Waals surface area contributed by atoms with Crippen LogP contribution < -0.4 is 15.6 Å². The van der Waals surface area contributed by atoms with E-state index >= 15 is 0 Å². The number of fused-ring (bicyclic) bond motifs is 1. The van der Waals surface area contributed by atoms with Crippen molar-refractivity contribution in [2.45, 2.75) is 18.9 Å². The van der Waals surface area contributed by atoms with Crippen molar-refractivity contribution in [3.8, 4) is 0 Å². The van der Waals surface area contributed by atoms with E-state index < -0.39 is 0 Å². The summed E-state index contributed by atoms with van der Waals surface area (Å²) in [4.78, 5) is 27.2. The second kappa shape index (κ2) is 8.29. The summed E-state index contributed by atoms with van der Waals surface area (Å²) in [5.74, 6) is 1.83. The number of aromatic amines is 1. The van der Waals surface area contributed by atoms with Crippen molar-refractivity contribution in [3.63, 3.8) is 0 Å². The third kappa shape index (κ3) is 4.05. The zero-order valence-electron chi connectivity index (χ0n) is 17.2. The summed E-state index contributed by atoms with van der Waals surface area (Å²) >= 11 is 0. The number of imidazole rings is 1. The maximum Gasteiger partial charge on any atom is 0.258 e. The third-order valence-electron chi connectivity index (χ3n) is 5.65. The predicted molar refractivity (Wildman–Crippen MR) is 117 cm³/mol. The van der Waals surface area contributed by atoms with Crippen molar-refractivity contribution < 1.29 is 15.0 Å². The van der Waals surface area contributed by atoms with Gasteiger partial charge in [-0.25, -0.2) is 9.97 Å². The van der Waals surface area contributed by atoms with Gasteiger partial charge in [0.2, 0.25) is 5.70 Å². The van der Waals surface area contributed by atoms with Crippen molar-refractivity contribution in [2.75, 3.05) is 25.1 Å². The molecule has 0 bridgehead atoms. The first-order valence-corrected chi connectivity index (χ1v) is 10.3. The van der Waals surface area contributed by atoms with E-state index in [1.807, 2.05) is 30.3 Å². The molecule has 0 unspecified atom stereocenters. The Balaban J connectivity index is 1.22. The van der Waals surface area contributed by atoms with Crippen molar-refractivity contribution in [1.82, 2.24) is 20.3 Å².